The molecule has 6 nitrogen and oxygen atoms in total. The fraction of sp³-hybridized carbons (Fsp3) is 0.400. The topological polar surface area (TPSA) is 48.9 Å². The number of morpholine rings is 1. The molecule has 1 aromatic carbocycles. The van der Waals surface area contributed by atoms with Crippen LogP contribution in [0.5, 0.6) is 0 Å². The molecule has 3 heterocycles. The second kappa shape index (κ2) is 8.15. The number of carbonyl (C=O) groups excluding carboxylic acids is 1. The van der Waals surface area contributed by atoms with Gasteiger partial charge in [0.1, 0.15) is 5.82 Å². The summed E-state index contributed by atoms with van der Waals surface area (Å²) in [6, 6.07) is 11.6. The molecule has 0 unspecified atom stereocenters. The Morgan fingerprint density at radius 3 is 2.41 bits per heavy atom. The second-order valence-electron chi connectivity index (χ2n) is 6.70. The van der Waals surface area contributed by atoms with Gasteiger partial charge in [-0.25, -0.2) is 4.98 Å². The lowest BCUT2D eigenvalue weighted by atomic mass is 10.1. The van der Waals surface area contributed by atoms with Crippen LogP contribution in [0.4, 0.5) is 11.5 Å². The first-order valence-corrected chi connectivity index (χ1v) is 9.68. The Morgan fingerprint density at radius 2 is 1.67 bits per heavy atom. The maximum absolute atomic E-state index is 13.2. The highest BCUT2D eigenvalue weighted by Gasteiger charge is 2.27. The zero-order chi connectivity index (χ0) is 18.6. The van der Waals surface area contributed by atoms with E-state index in [1.807, 2.05) is 41.3 Å². The smallest absolute Gasteiger partial charge is 0.257 e. The largest absolute Gasteiger partial charge is 0.378 e. The summed E-state index contributed by atoms with van der Waals surface area (Å²) >= 11 is 6.31. The SMILES string of the molecule is O=C(c1cccnc1N1CCOCC1)N1CCN(c2ccccc2Cl)CC1. The molecule has 2 aliphatic heterocycles. The van der Waals surface area contributed by atoms with Gasteiger partial charge in [-0.1, -0.05) is 23.7 Å². The third-order valence-electron chi connectivity index (χ3n) is 5.09. The average molecular weight is 387 g/mol. The van der Waals surface area contributed by atoms with Crippen molar-refractivity contribution in [3.63, 3.8) is 0 Å². The molecule has 142 valence electrons. The average Bonchev–Trinajstić information content (AvgIpc) is 2.74. The van der Waals surface area contributed by atoms with Gasteiger partial charge in [-0.2, -0.15) is 0 Å². The number of nitrogens with zero attached hydrogens (tertiary/aromatic N) is 4. The van der Waals surface area contributed by atoms with Gasteiger partial charge < -0.3 is 19.4 Å². The van der Waals surface area contributed by atoms with Crippen LogP contribution in [-0.2, 0) is 4.74 Å². The predicted octanol–water partition coefficient (Wildman–Crippen LogP) is 2.53. The van der Waals surface area contributed by atoms with E-state index >= 15 is 0 Å². The highest BCUT2D eigenvalue weighted by Crippen LogP contribution is 2.27. The first-order chi connectivity index (χ1) is 13.2. The van der Waals surface area contributed by atoms with E-state index in [0.29, 0.717) is 31.9 Å². The van der Waals surface area contributed by atoms with Gasteiger partial charge in [0.2, 0.25) is 0 Å². The van der Waals surface area contributed by atoms with Gasteiger partial charge in [-0.05, 0) is 24.3 Å². The van der Waals surface area contributed by atoms with Crippen LogP contribution < -0.4 is 9.80 Å². The third kappa shape index (κ3) is 3.87. The maximum Gasteiger partial charge on any atom is 0.257 e. The summed E-state index contributed by atoms with van der Waals surface area (Å²) in [5.41, 5.74) is 1.70. The highest BCUT2D eigenvalue weighted by molar-refractivity contribution is 6.33. The van der Waals surface area contributed by atoms with E-state index in [1.54, 1.807) is 6.20 Å². The molecule has 1 amide bonds. The van der Waals surface area contributed by atoms with Gasteiger partial charge in [0.05, 0.1) is 29.5 Å². The van der Waals surface area contributed by atoms with E-state index in [0.717, 1.165) is 42.7 Å². The number of rotatable bonds is 3. The number of halogens is 1. The van der Waals surface area contributed by atoms with E-state index in [1.165, 1.54) is 0 Å². The molecule has 0 bridgehead atoms. The number of anilines is 2. The molecule has 2 saturated heterocycles. The van der Waals surface area contributed by atoms with Crippen molar-refractivity contribution in [2.24, 2.45) is 0 Å². The van der Waals surface area contributed by atoms with Gasteiger partial charge in [-0.3, -0.25) is 4.79 Å². The number of piperazine rings is 1. The Bertz CT molecular complexity index is 802. The Kier molecular flexibility index (Phi) is 5.45. The molecule has 27 heavy (non-hydrogen) atoms. The van der Waals surface area contributed by atoms with Crippen molar-refractivity contribution in [1.82, 2.24) is 9.88 Å². The fourth-order valence-electron chi connectivity index (χ4n) is 3.62. The van der Waals surface area contributed by atoms with E-state index < -0.39 is 0 Å². The number of hydrogen-bond acceptors (Lipinski definition) is 5. The van der Waals surface area contributed by atoms with Crippen molar-refractivity contribution in [3.8, 4) is 0 Å². The number of amides is 1. The molecule has 0 radical (unpaired) electrons. The maximum atomic E-state index is 13.2. The molecular formula is C20H23ClN4O2. The van der Waals surface area contributed by atoms with Gasteiger partial charge in [0, 0.05) is 45.5 Å². The van der Waals surface area contributed by atoms with Crippen molar-refractivity contribution >= 4 is 29.0 Å². The van der Waals surface area contributed by atoms with E-state index in [9.17, 15) is 4.79 Å². The van der Waals surface area contributed by atoms with Crippen LogP contribution in [0.25, 0.3) is 0 Å². The number of para-hydroxylation sites is 1. The molecule has 0 N–H and O–H groups in total. The van der Waals surface area contributed by atoms with Crippen LogP contribution in [0.1, 0.15) is 10.4 Å². The van der Waals surface area contributed by atoms with Gasteiger partial charge in [0.25, 0.3) is 5.91 Å². The van der Waals surface area contributed by atoms with Gasteiger partial charge >= 0.3 is 0 Å². The summed E-state index contributed by atoms with van der Waals surface area (Å²) < 4.78 is 5.42. The number of aromatic nitrogens is 1. The van der Waals surface area contributed by atoms with Gasteiger partial charge in [0.15, 0.2) is 0 Å². The first-order valence-electron chi connectivity index (χ1n) is 9.30. The van der Waals surface area contributed by atoms with Crippen molar-refractivity contribution < 1.29 is 9.53 Å². The zero-order valence-electron chi connectivity index (χ0n) is 15.2. The van der Waals surface area contributed by atoms with E-state index in [4.69, 9.17) is 16.3 Å². The summed E-state index contributed by atoms with van der Waals surface area (Å²) in [6.07, 6.45) is 1.75. The third-order valence-corrected chi connectivity index (χ3v) is 5.41. The van der Waals surface area contributed by atoms with Crippen LogP contribution in [0.3, 0.4) is 0 Å². The van der Waals surface area contributed by atoms with E-state index in [-0.39, 0.29) is 5.91 Å². The molecule has 7 heteroatoms. The quantitative estimate of drug-likeness (QED) is 0.811. The molecule has 4 rings (SSSR count). The normalized spacial score (nSPS) is 17.9. The lowest BCUT2D eigenvalue weighted by Gasteiger charge is -2.37. The highest BCUT2D eigenvalue weighted by atomic mass is 35.5. The summed E-state index contributed by atoms with van der Waals surface area (Å²) in [6.45, 7) is 5.73. The molecule has 0 saturated carbocycles. The Labute approximate surface area is 164 Å². The second-order valence-corrected chi connectivity index (χ2v) is 7.11. The standard InChI is InChI=1S/C20H23ClN4O2/c21-17-5-1-2-6-18(17)23-8-10-25(11-9-23)20(26)16-4-3-7-22-19(16)24-12-14-27-15-13-24/h1-7H,8-15H2. The summed E-state index contributed by atoms with van der Waals surface area (Å²) in [4.78, 5) is 23.9. The minimum absolute atomic E-state index is 0.0448. The molecular weight excluding hydrogens is 364 g/mol. The van der Waals surface area contributed by atoms with Crippen LogP contribution in [0.2, 0.25) is 5.02 Å². The monoisotopic (exact) mass is 386 g/mol. The van der Waals surface area contributed by atoms with Crippen molar-refractivity contribution in [1.29, 1.82) is 0 Å². The number of benzene rings is 1. The Balaban J connectivity index is 1.46. The lowest BCUT2D eigenvalue weighted by Crippen LogP contribution is -2.49. The van der Waals surface area contributed by atoms with Crippen LogP contribution in [0.15, 0.2) is 42.6 Å². The Hall–Kier alpha value is -2.31. The molecule has 2 aliphatic rings. The lowest BCUT2D eigenvalue weighted by molar-refractivity contribution is 0.0745. The first kappa shape index (κ1) is 18.1. The summed E-state index contributed by atoms with van der Waals surface area (Å²) in [5.74, 6) is 0.808. The minimum Gasteiger partial charge on any atom is -0.378 e. The number of hydrogen-bond donors (Lipinski definition) is 0. The minimum atomic E-state index is 0.0448. The Morgan fingerprint density at radius 1 is 0.926 bits per heavy atom. The predicted molar refractivity (Wildman–Crippen MR) is 107 cm³/mol. The summed E-state index contributed by atoms with van der Waals surface area (Å²) in [7, 11) is 0. The number of carbonyl (C=O) groups is 1. The summed E-state index contributed by atoms with van der Waals surface area (Å²) in [5, 5.41) is 0.749. The number of pyridine rings is 1. The fourth-order valence-corrected chi connectivity index (χ4v) is 3.88. The van der Waals surface area contributed by atoms with Crippen LogP contribution >= 0.6 is 11.6 Å². The van der Waals surface area contributed by atoms with E-state index in [2.05, 4.69) is 14.8 Å². The molecule has 0 aliphatic carbocycles. The molecule has 2 aromatic rings. The van der Waals surface area contributed by atoms with Crippen molar-refractivity contribution in [2.45, 2.75) is 0 Å². The molecule has 1 aromatic heterocycles. The van der Waals surface area contributed by atoms with Crippen molar-refractivity contribution in [2.75, 3.05) is 62.3 Å². The van der Waals surface area contributed by atoms with Crippen LogP contribution in [-0.4, -0.2) is 68.3 Å². The zero-order valence-corrected chi connectivity index (χ0v) is 15.9. The van der Waals surface area contributed by atoms with Crippen molar-refractivity contribution in [3.05, 3.63) is 53.2 Å². The molecule has 0 spiro atoms. The molecule has 2 fully saturated rings. The van der Waals surface area contributed by atoms with Crippen LogP contribution in [0, 0.1) is 0 Å². The number of ether oxygens (including phenoxy) is 1. The molecule has 0 atom stereocenters. The van der Waals surface area contributed by atoms with Gasteiger partial charge in [-0.15, -0.1) is 0 Å².